The average Bonchev–Trinajstić information content (AvgIpc) is 3.53. The molecule has 0 saturated carbocycles. The molecule has 0 aliphatic rings. The molecule has 4 aromatic heterocycles. The fourth-order valence-corrected chi connectivity index (χ4v) is 4.92. The molecule has 14 nitrogen and oxygen atoms in total. The van der Waals surface area contributed by atoms with Crippen LogP contribution >= 0.6 is 0 Å². The van der Waals surface area contributed by atoms with Gasteiger partial charge in [0.1, 0.15) is 23.4 Å². The zero-order chi connectivity index (χ0) is 28.3. The van der Waals surface area contributed by atoms with Gasteiger partial charge in [-0.1, -0.05) is 6.07 Å². The lowest BCUT2D eigenvalue weighted by atomic mass is 10.2. The highest BCUT2D eigenvalue weighted by Crippen LogP contribution is 2.30. The molecule has 0 aromatic carbocycles. The first-order valence-electron chi connectivity index (χ1n) is 12.3. The molecule has 0 aliphatic carbocycles. The molecule has 0 saturated heterocycles. The highest BCUT2D eigenvalue weighted by Gasteiger charge is 2.36. The Kier molecular flexibility index (Phi) is 8.20. The Morgan fingerprint density at radius 3 is 2.33 bits per heavy atom. The summed E-state index contributed by atoms with van der Waals surface area (Å²) in [6.45, 7) is 8.84. The Labute approximate surface area is 226 Å². The predicted molar refractivity (Wildman–Crippen MR) is 142 cm³/mol. The molecular formula is C24H32N10O4S. The van der Waals surface area contributed by atoms with Gasteiger partial charge in [0.15, 0.2) is 17.5 Å². The van der Waals surface area contributed by atoms with Gasteiger partial charge in [-0.3, -0.25) is 14.0 Å². The Morgan fingerprint density at radius 1 is 1.00 bits per heavy atom. The van der Waals surface area contributed by atoms with Crippen LogP contribution in [0.2, 0.25) is 0 Å². The third-order valence-electron chi connectivity index (χ3n) is 5.86. The molecule has 39 heavy (non-hydrogen) atoms. The van der Waals surface area contributed by atoms with Crippen LogP contribution in [0.15, 0.2) is 36.9 Å². The summed E-state index contributed by atoms with van der Waals surface area (Å²) in [6.07, 6.45) is 3.59. The molecule has 4 aromatic rings. The summed E-state index contributed by atoms with van der Waals surface area (Å²) in [5.74, 6) is 1.34. The maximum absolute atomic E-state index is 13.7. The van der Waals surface area contributed by atoms with Gasteiger partial charge in [-0.2, -0.15) is 5.10 Å². The van der Waals surface area contributed by atoms with Gasteiger partial charge < -0.3 is 9.47 Å². The van der Waals surface area contributed by atoms with Crippen molar-refractivity contribution in [3.63, 3.8) is 0 Å². The molecule has 15 heteroatoms. The van der Waals surface area contributed by atoms with Crippen molar-refractivity contribution in [2.24, 2.45) is 7.05 Å². The summed E-state index contributed by atoms with van der Waals surface area (Å²) in [6, 6.07) is 4.62. The van der Waals surface area contributed by atoms with E-state index < -0.39 is 27.4 Å². The van der Waals surface area contributed by atoms with E-state index in [9.17, 15) is 8.42 Å². The molecule has 4 rings (SSSR count). The fourth-order valence-electron chi connectivity index (χ4n) is 3.83. The topological polar surface area (TPSA) is 165 Å². The Bertz CT molecular complexity index is 1520. The maximum Gasteiger partial charge on any atom is 0.240 e. The number of rotatable bonds is 11. The SMILES string of the molecule is COc1cccc(-c2nnc(NS(=O)(=O)C(C)C(OC(C)C)c3ncc(C)cn3)n2[C@H](C)c2ncn(C)n2)n1. The third kappa shape index (κ3) is 6.20. The number of hydrogen-bond acceptors (Lipinski definition) is 11. The van der Waals surface area contributed by atoms with E-state index in [0.29, 0.717) is 23.2 Å². The summed E-state index contributed by atoms with van der Waals surface area (Å²) in [7, 11) is -0.852. The monoisotopic (exact) mass is 556 g/mol. The standard InChI is InChI=1S/C24H32N10O4S/c1-14(2)38-20(22-25-11-15(3)12-26-22)17(5)39(35,36)32-24-30-29-23(18-9-8-10-19(28-18)37-7)34(24)16(4)21-27-13-33(6)31-21/h8-14,16-17,20H,1-7H3,(H,30,32)/t16-,17?,20?/m1/s1. The first-order valence-corrected chi connectivity index (χ1v) is 13.8. The van der Waals surface area contributed by atoms with Crippen molar-refractivity contribution < 1.29 is 17.9 Å². The van der Waals surface area contributed by atoms with Crippen molar-refractivity contribution >= 4 is 16.0 Å². The smallest absolute Gasteiger partial charge is 0.240 e. The van der Waals surface area contributed by atoms with Crippen LogP contribution in [-0.4, -0.2) is 71.4 Å². The Balaban J connectivity index is 1.75. The number of anilines is 1. The van der Waals surface area contributed by atoms with Crippen LogP contribution in [0, 0.1) is 6.92 Å². The minimum atomic E-state index is -4.10. The van der Waals surface area contributed by atoms with Crippen molar-refractivity contribution in [2.75, 3.05) is 11.8 Å². The minimum Gasteiger partial charge on any atom is -0.481 e. The van der Waals surface area contributed by atoms with Gasteiger partial charge in [0.2, 0.25) is 21.9 Å². The molecule has 0 aliphatic heterocycles. The van der Waals surface area contributed by atoms with Gasteiger partial charge in [0, 0.05) is 25.5 Å². The van der Waals surface area contributed by atoms with E-state index in [1.54, 1.807) is 53.2 Å². The number of hydrogen-bond donors (Lipinski definition) is 1. The number of aromatic nitrogens is 9. The van der Waals surface area contributed by atoms with Crippen LogP contribution in [0.4, 0.5) is 5.95 Å². The van der Waals surface area contributed by atoms with E-state index in [-0.39, 0.29) is 17.9 Å². The summed E-state index contributed by atoms with van der Waals surface area (Å²) in [5.41, 5.74) is 1.27. The molecule has 0 fully saturated rings. The molecule has 0 amide bonds. The van der Waals surface area contributed by atoms with Crippen LogP contribution < -0.4 is 9.46 Å². The molecule has 0 radical (unpaired) electrons. The van der Waals surface area contributed by atoms with Crippen molar-refractivity contribution in [3.8, 4) is 17.4 Å². The second-order valence-electron chi connectivity index (χ2n) is 9.31. The number of sulfonamides is 1. The van der Waals surface area contributed by atoms with E-state index in [1.807, 2.05) is 27.7 Å². The van der Waals surface area contributed by atoms with Gasteiger partial charge in [0.05, 0.1) is 19.3 Å². The fraction of sp³-hybridized carbons (Fsp3) is 0.458. The number of ether oxygens (including phenoxy) is 2. The summed E-state index contributed by atoms with van der Waals surface area (Å²) < 4.78 is 44.4. The first kappa shape index (κ1) is 28.0. The van der Waals surface area contributed by atoms with Crippen molar-refractivity contribution in [2.45, 2.75) is 58.1 Å². The van der Waals surface area contributed by atoms with Crippen molar-refractivity contribution in [1.82, 2.24) is 44.5 Å². The lowest BCUT2D eigenvalue weighted by Crippen LogP contribution is -2.35. The van der Waals surface area contributed by atoms with Crippen LogP contribution in [-0.2, 0) is 21.8 Å². The molecular weight excluding hydrogens is 524 g/mol. The molecule has 0 bridgehead atoms. The number of nitrogens with one attached hydrogen (secondary N) is 1. The van der Waals surface area contributed by atoms with E-state index in [4.69, 9.17) is 9.47 Å². The van der Waals surface area contributed by atoms with Gasteiger partial charge in [-0.15, -0.1) is 10.2 Å². The van der Waals surface area contributed by atoms with E-state index in [2.05, 4.69) is 40.0 Å². The summed E-state index contributed by atoms with van der Waals surface area (Å²) in [5, 5.41) is 11.7. The molecule has 208 valence electrons. The van der Waals surface area contributed by atoms with E-state index in [1.165, 1.54) is 14.0 Å². The number of aryl methyl sites for hydroxylation is 2. The largest absolute Gasteiger partial charge is 0.481 e. The average molecular weight is 557 g/mol. The molecule has 3 atom stereocenters. The molecule has 4 heterocycles. The number of methoxy groups -OCH3 is 1. The lowest BCUT2D eigenvalue weighted by molar-refractivity contribution is 0.00152. The normalized spacial score (nSPS) is 14.3. The Hall–Kier alpha value is -3.98. The third-order valence-corrected chi connectivity index (χ3v) is 7.55. The zero-order valence-corrected chi connectivity index (χ0v) is 23.7. The molecule has 2 unspecified atom stereocenters. The van der Waals surface area contributed by atoms with Crippen LogP contribution in [0.1, 0.15) is 57.1 Å². The lowest BCUT2D eigenvalue weighted by Gasteiger charge is -2.25. The Morgan fingerprint density at radius 2 is 1.72 bits per heavy atom. The zero-order valence-electron chi connectivity index (χ0n) is 22.8. The molecule has 1 N–H and O–H groups in total. The second-order valence-corrected chi connectivity index (χ2v) is 11.3. The van der Waals surface area contributed by atoms with Crippen molar-refractivity contribution in [1.29, 1.82) is 0 Å². The maximum atomic E-state index is 13.7. The van der Waals surface area contributed by atoms with Crippen molar-refractivity contribution in [3.05, 3.63) is 54.1 Å². The minimum absolute atomic E-state index is 0.0328. The highest BCUT2D eigenvalue weighted by molar-refractivity contribution is 7.93. The second kappa shape index (κ2) is 11.4. The molecule has 0 spiro atoms. The summed E-state index contributed by atoms with van der Waals surface area (Å²) in [4.78, 5) is 17.4. The van der Waals surface area contributed by atoms with Crippen LogP contribution in [0.3, 0.4) is 0 Å². The highest BCUT2D eigenvalue weighted by atomic mass is 32.2. The van der Waals surface area contributed by atoms with E-state index in [0.717, 1.165) is 5.56 Å². The van der Waals surface area contributed by atoms with Gasteiger partial charge in [-0.25, -0.2) is 28.4 Å². The first-order chi connectivity index (χ1) is 18.5. The van der Waals surface area contributed by atoms with E-state index >= 15 is 0 Å². The van der Waals surface area contributed by atoms with Crippen LogP contribution in [0.25, 0.3) is 11.5 Å². The van der Waals surface area contributed by atoms with Gasteiger partial charge >= 0.3 is 0 Å². The predicted octanol–water partition coefficient (Wildman–Crippen LogP) is 2.48. The number of pyridine rings is 1. The number of nitrogens with zero attached hydrogens (tertiary/aromatic N) is 9. The van der Waals surface area contributed by atoms with Gasteiger partial charge in [0.25, 0.3) is 0 Å². The van der Waals surface area contributed by atoms with Gasteiger partial charge in [-0.05, 0) is 46.2 Å². The van der Waals surface area contributed by atoms with Crippen LogP contribution in [0.5, 0.6) is 5.88 Å². The quantitative estimate of drug-likeness (QED) is 0.288. The summed E-state index contributed by atoms with van der Waals surface area (Å²) >= 11 is 0.